The van der Waals surface area contributed by atoms with E-state index in [0.29, 0.717) is 5.92 Å². The first-order chi connectivity index (χ1) is 16.4. The molecule has 5 heteroatoms. The molecule has 1 aromatic heterocycles. The van der Waals surface area contributed by atoms with E-state index in [1.807, 2.05) is 42.5 Å². The molecule has 2 saturated carbocycles. The Morgan fingerprint density at radius 1 is 0.914 bits per heavy atom. The van der Waals surface area contributed by atoms with Crippen LogP contribution >= 0.6 is 11.3 Å². The Morgan fingerprint density at radius 2 is 1.54 bits per heavy atom. The van der Waals surface area contributed by atoms with Crippen molar-refractivity contribution in [3.05, 3.63) is 54.6 Å². The molecule has 5 rings (SSSR count). The van der Waals surface area contributed by atoms with Crippen LogP contribution in [0.2, 0.25) is 0 Å². The zero-order valence-corrected chi connectivity index (χ0v) is 24.7. The van der Waals surface area contributed by atoms with Gasteiger partial charge in [0.15, 0.2) is 0 Å². The van der Waals surface area contributed by atoms with Gasteiger partial charge in [-0.2, -0.15) is 11.3 Å². The molecule has 3 aromatic rings. The zero-order chi connectivity index (χ0) is 24.3. The number of hydrogen-bond acceptors (Lipinski definition) is 4. The number of aromatic nitrogens is 1. The Morgan fingerprint density at radius 3 is 2.14 bits per heavy atom. The molecule has 3 nitrogen and oxygen atoms in total. The molecule has 2 N–H and O–H groups in total. The van der Waals surface area contributed by atoms with E-state index >= 15 is 0 Å². The van der Waals surface area contributed by atoms with Gasteiger partial charge in [-0.25, -0.2) is 0 Å². The van der Waals surface area contributed by atoms with Crippen molar-refractivity contribution in [3.63, 3.8) is 0 Å². The standard InChI is InChI=1S/C17H32O2.C13H8NS.Ir/c1-5-16(6-2)10-9-12-11-17(7-3,8-4)15(19)13(12)14(16)18;1-2-6-10(7-3-1)13-14-11-8-4-5-9-12(11)15-13;/h12-15,18-19H,5-11H2,1-4H3;1-6,8-9H;/q;-1;. The van der Waals surface area contributed by atoms with Gasteiger partial charge in [0.25, 0.3) is 0 Å². The number of para-hydroxylation sites is 1. The van der Waals surface area contributed by atoms with Crippen LogP contribution in [0.1, 0.15) is 72.6 Å². The van der Waals surface area contributed by atoms with Crippen molar-refractivity contribution < 1.29 is 30.3 Å². The molecule has 35 heavy (non-hydrogen) atoms. The van der Waals surface area contributed by atoms with E-state index in [1.54, 1.807) is 11.3 Å². The Labute approximate surface area is 228 Å². The van der Waals surface area contributed by atoms with Crippen molar-refractivity contribution in [1.82, 2.24) is 4.98 Å². The van der Waals surface area contributed by atoms with Crippen LogP contribution in [0, 0.1) is 28.7 Å². The fraction of sp³-hybridized carbons (Fsp3) is 0.567. The summed E-state index contributed by atoms with van der Waals surface area (Å²) in [6, 6.07) is 19.3. The van der Waals surface area contributed by atoms with Gasteiger partial charge in [0.05, 0.1) is 17.7 Å². The van der Waals surface area contributed by atoms with Gasteiger partial charge in [0.1, 0.15) is 0 Å². The summed E-state index contributed by atoms with van der Waals surface area (Å²) in [5.41, 5.74) is 2.25. The zero-order valence-electron chi connectivity index (χ0n) is 21.5. The minimum atomic E-state index is -0.309. The minimum absolute atomic E-state index is 0. The van der Waals surface area contributed by atoms with Crippen molar-refractivity contribution in [1.29, 1.82) is 0 Å². The first-order valence-corrected chi connectivity index (χ1v) is 13.9. The summed E-state index contributed by atoms with van der Waals surface area (Å²) in [7, 11) is 0. The Bertz CT molecular complexity index is 1020. The van der Waals surface area contributed by atoms with Crippen molar-refractivity contribution in [2.24, 2.45) is 22.7 Å². The predicted octanol–water partition coefficient (Wildman–Crippen LogP) is 7.51. The second kappa shape index (κ2) is 12.0. The normalized spacial score (nSPS) is 26.3. The monoisotopic (exact) mass is 671 g/mol. The van der Waals surface area contributed by atoms with Crippen molar-refractivity contribution in [2.45, 2.75) is 84.8 Å². The maximum absolute atomic E-state index is 10.9. The number of rotatable bonds is 5. The number of nitrogens with zero attached hydrogens (tertiary/aromatic N) is 1. The second-order valence-electron chi connectivity index (χ2n) is 10.4. The van der Waals surface area contributed by atoms with Gasteiger partial charge >= 0.3 is 0 Å². The molecule has 0 aliphatic heterocycles. The van der Waals surface area contributed by atoms with Crippen molar-refractivity contribution in [2.75, 3.05) is 0 Å². The summed E-state index contributed by atoms with van der Waals surface area (Å²) < 4.78 is 1.23. The van der Waals surface area contributed by atoms with Gasteiger partial charge in [0, 0.05) is 35.7 Å². The average molecular weight is 671 g/mol. The van der Waals surface area contributed by atoms with Gasteiger partial charge in [-0.15, -0.1) is 35.9 Å². The van der Waals surface area contributed by atoms with Crippen LogP contribution in [0.4, 0.5) is 0 Å². The van der Waals surface area contributed by atoms with E-state index in [0.717, 1.165) is 54.6 Å². The van der Waals surface area contributed by atoms with Crippen LogP contribution in [0.15, 0.2) is 48.5 Å². The van der Waals surface area contributed by atoms with E-state index < -0.39 is 0 Å². The topological polar surface area (TPSA) is 53.4 Å². The molecule has 2 aliphatic rings. The summed E-state index contributed by atoms with van der Waals surface area (Å²) >= 11 is 1.71. The fourth-order valence-electron chi connectivity index (χ4n) is 6.69. The maximum Gasteiger partial charge on any atom is 0.0697 e. The van der Waals surface area contributed by atoms with Gasteiger partial charge in [0.2, 0.25) is 0 Å². The Hall–Kier alpha value is -1.10. The van der Waals surface area contributed by atoms with Crippen LogP contribution < -0.4 is 0 Å². The van der Waals surface area contributed by atoms with Crippen LogP contribution in [-0.4, -0.2) is 27.4 Å². The van der Waals surface area contributed by atoms with Crippen molar-refractivity contribution in [3.8, 4) is 10.6 Å². The number of benzene rings is 2. The van der Waals surface area contributed by atoms with Crippen LogP contribution in [-0.2, 0) is 20.1 Å². The summed E-state index contributed by atoms with van der Waals surface area (Å²) in [6.07, 6.45) is 6.98. The molecule has 1 heterocycles. The van der Waals surface area contributed by atoms with Crippen LogP contribution in [0.25, 0.3) is 20.8 Å². The number of aliphatic hydroxyl groups is 2. The molecule has 0 spiro atoms. The predicted molar refractivity (Wildman–Crippen MR) is 143 cm³/mol. The maximum atomic E-state index is 10.9. The Balaban J connectivity index is 0.000000194. The van der Waals surface area contributed by atoms with Gasteiger partial charge < -0.3 is 10.2 Å². The third kappa shape index (κ3) is 5.31. The molecule has 0 saturated heterocycles. The smallest absolute Gasteiger partial charge is 0.0697 e. The molecular weight excluding hydrogens is 631 g/mol. The molecule has 4 atom stereocenters. The van der Waals surface area contributed by atoms with Crippen LogP contribution in [0.3, 0.4) is 0 Å². The molecule has 2 aliphatic carbocycles. The summed E-state index contributed by atoms with van der Waals surface area (Å²) in [6.45, 7) is 8.79. The third-order valence-corrected chi connectivity index (χ3v) is 10.3. The van der Waals surface area contributed by atoms with Crippen molar-refractivity contribution >= 4 is 21.6 Å². The van der Waals surface area contributed by atoms with Gasteiger partial charge in [-0.3, -0.25) is 4.98 Å². The van der Waals surface area contributed by atoms with E-state index in [-0.39, 0.29) is 49.1 Å². The SMILES string of the molecule is CCC1(CC)CCC2CC(CC)(CC)C(O)C2C1O.[Ir].[c-]1ccccc1-c1nc2ccccc2s1. The number of hydrogen-bond donors (Lipinski definition) is 2. The molecule has 1 radical (unpaired) electrons. The Kier molecular flexibility index (Phi) is 9.73. The third-order valence-electron chi connectivity index (χ3n) is 9.26. The van der Waals surface area contributed by atoms with Gasteiger partial charge in [-0.1, -0.05) is 39.8 Å². The van der Waals surface area contributed by atoms with E-state index in [4.69, 9.17) is 0 Å². The molecule has 193 valence electrons. The van der Waals surface area contributed by atoms with E-state index in [9.17, 15) is 10.2 Å². The molecule has 0 amide bonds. The second-order valence-corrected chi connectivity index (χ2v) is 11.4. The van der Waals surface area contributed by atoms with Gasteiger partial charge in [-0.05, 0) is 73.8 Å². The number of aliphatic hydroxyl groups excluding tert-OH is 2. The number of thiazole rings is 1. The molecule has 0 bridgehead atoms. The quantitative estimate of drug-likeness (QED) is 0.277. The number of fused-ring (bicyclic) bond motifs is 2. The molecule has 2 fully saturated rings. The largest absolute Gasteiger partial charge is 0.392 e. The average Bonchev–Trinajstić information content (AvgIpc) is 3.45. The minimum Gasteiger partial charge on any atom is -0.392 e. The summed E-state index contributed by atoms with van der Waals surface area (Å²) in [5.74, 6) is 0.657. The fourth-order valence-corrected chi connectivity index (χ4v) is 7.65. The van der Waals surface area contributed by atoms with Crippen LogP contribution in [0.5, 0.6) is 0 Å². The summed E-state index contributed by atoms with van der Waals surface area (Å²) in [5, 5.41) is 22.8. The first kappa shape index (κ1) is 28.5. The first-order valence-electron chi connectivity index (χ1n) is 13.1. The molecular formula is C30H40IrNO2S-. The van der Waals surface area contributed by atoms with E-state index in [2.05, 4.69) is 44.8 Å². The molecule has 4 unspecified atom stereocenters. The molecule has 2 aromatic carbocycles. The summed E-state index contributed by atoms with van der Waals surface area (Å²) in [4.78, 5) is 4.57. The van der Waals surface area contributed by atoms with E-state index in [1.165, 1.54) is 11.1 Å².